The first-order chi connectivity index (χ1) is 13.0. The Balaban J connectivity index is 1.62. The number of aliphatic hydroxyl groups excluding tert-OH is 2. The minimum absolute atomic E-state index is 0.147. The van der Waals surface area contributed by atoms with Gasteiger partial charge in [-0.1, -0.05) is 30.7 Å². The van der Waals surface area contributed by atoms with Gasteiger partial charge in [0.05, 0.1) is 23.6 Å². The quantitative estimate of drug-likeness (QED) is 0.538. The Hall–Kier alpha value is -2.26. The average Bonchev–Trinajstić information content (AvgIpc) is 3.23. The van der Waals surface area contributed by atoms with Crippen molar-refractivity contribution in [2.24, 2.45) is 15.9 Å². The molecule has 3 heterocycles. The van der Waals surface area contributed by atoms with Crippen LogP contribution in [-0.4, -0.2) is 50.4 Å². The van der Waals surface area contributed by atoms with Gasteiger partial charge >= 0.3 is 0 Å². The number of amidine groups is 1. The van der Waals surface area contributed by atoms with Crippen LogP contribution in [0.1, 0.15) is 35.9 Å². The summed E-state index contributed by atoms with van der Waals surface area (Å²) in [7, 11) is 0. The number of nitrogens with zero attached hydrogens (tertiary/aromatic N) is 4. The van der Waals surface area contributed by atoms with Gasteiger partial charge in [-0.15, -0.1) is 0 Å². The molecule has 0 aliphatic carbocycles. The zero-order chi connectivity index (χ0) is 19.1. The standard InChI is InChI=1S/C18H20ClN5O3/c1-9(10-2-4-11(19)5-3-10)16-14(25)15(26)18(27-16)24-13-6-7-21-17(23-20)12(13)8-22-24/h2-5,7-9,14-16,18,25-26H,6,20H2,1H3/b23-17+/t9-,14+,15-,16-,18-/m1/s1. The van der Waals surface area contributed by atoms with Gasteiger partial charge in [0.15, 0.2) is 12.1 Å². The summed E-state index contributed by atoms with van der Waals surface area (Å²) >= 11 is 5.95. The van der Waals surface area contributed by atoms with Crippen molar-refractivity contribution in [3.8, 4) is 0 Å². The van der Waals surface area contributed by atoms with Crippen LogP contribution in [0.25, 0.3) is 0 Å². The number of halogens is 1. The van der Waals surface area contributed by atoms with Crippen molar-refractivity contribution in [1.82, 2.24) is 9.78 Å². The van der Waals surface area contributed by atoms with Crippen molar-refractivity contribution in [3.63, 3.8) is 0 Å². The molecule has 8 nitrogen and oxygen atoms in total. The third kappa shape index (κ3) is 3.04. The average molecular weight is 390 g/mol. The maximum Gasteiger partial charge on any atom is 0.181 e. The normalized spacial score (nSPS) is 29.9. The fourth-order valence-electron chi connectivity index (χ4n) is 3.65. The van der Waals surface area contributed by atoms with E-state index in [1.807, 2.05) is 19.1 Å². The summed E-state index contributed by atoms with van der Waals surface area (Å²) in [4.78, 5) is 4.14. The van der Waals surface area contributed by atoms with E-state index in [4.69, 9.17) is 22.2 Å². The number of hydrogen-bond acceptors (Lipinski definition) is 6. The summed E-state index contributed by atoms with van der Waals surface area (Å²) in [6.07, 6.45) is 0.202. The highest BCUT2D eigenvalue weighted by molar-refractivity contribution is 6.30. The fraction of sp³-hybridized carbons (Fsp3) is 0.389. The molecule has 2 aromatic rings. The summed E-state index contributed by atoms with van der Waals surface area (Å²) in [5, 5.41) is 29.8. The number of aliphatic hydroxyl groups is 2. The van der Waals surface area contributed by atoms with Crippen LogP contribution in [0.15, 0.2) is 40.6 Å². The van der Waals surface area contributed by atoms with Gasteiger partial charge in [0.25, 0.3) is 0 Å². The molecule has 0 amide bonds. The van der Waals surface area contributed by atoms with Crippen molar-refractivity contribution < 1.29 is 14.9 Å². The zero-order valence-electron chi connectivity index (χ0n) is 14.6. The lowest BCUT2D eigenvalue weighted by atomic mass is 9.91. The summed E-state index contributed by atoms with van der Waals surface area (Å²) in [6, 6.07) is 7.36. The van der Waals surface area contributed by atoms with Gasteiger partial charge in [0.2, 0.25) is 0 Å². The molecule has 9 heteroatoms. The SMILES string of the molecule is C[C@H](c1ccc(Cl)cc1)[C@H]1O[C@@H](n2ncc3c2CC=N/C3=N/N)[C@H](O)[C@@H]1O. The van der Waals surface area contributed by atoms with E-state index >= 15 is 0 Å². The maximum atomic E-state index is 10.6. The number of hydrazone groups is 1. The Bertz CT molecular complexity index is 895. The molecule has 4 rings (SSSR count). The lowest BCUT2D eigenvalue weighted by molar-refractivity contribution is -0.0513. The van der Waals surface area contributed by atoms with Crippen LogP contribution in [0.4, 0.5) is 0 Å². The minimum atomic E-state index is -1.12. The van der Waals surface area contributed by atoms with E-state index in [1.54, 1.807) is 29.2 Å². The van der Waals surface area contributed by atoms with Crippen molar-refractivity contribution >= 4 is 23.7 Å². The molecule has 142 valence electrons. The van der Waals surface area contributed by atoms with Gasteiger partial charge in [-0.2, -0.15) is 10.2 Å². The summed E-state index contributed by atoms with van der Waals surface area (Å²) in [5.74, 6) is 5.60. The molecule has 1 aromatic carbocycles. The van der Waals surface area contributed by atoms with Crippen LogP contribution < -0.4 is 5.84 Å². The lowest BCUT2D eigenvalue weighted by Gasteiger charge is -2.22. The van der Waals surface area contributed by atoms with Crippen LogP contribution in [0, 0.1) is 0 Å². The Morgan fingerprint density at radius 1 is 1.30 bits per heavy atom. The van der Waals surface area contributed by atoms with Crippen LogP contribution in [0.2, 0.25) is 5.02 Å². The number of hydrogen-bond donors (Lipinski definition) is 3. The Morgan fingerprint density at radius 2 is 2.04 bits per heavy atom. The number of benzene rings is 1. The van der Waals surface area contributed by atoms with Gasteiger partial charge in [-0.05, 0) is 17.7 Å². The van der Waals surface area contributed by atoms with E-state index in [0.29, 0.717) is 22.8 Å². The molecule has 4 N–H and O–H groups in total. The highest BCUT2D eigenvalue weighted by Gasteiger charge is 2.47. The maximum absolute atomic E-state index is 10.6. The molecule has 1 saturated heterocycles. The summed E-state index contributed by atoms with van der Waals surface area (Å²) in [5.41, 5.74) is 2.44. The molecule has 0 saturated carbocycles. The predicted octanol–water partition coefficient (Wildman–Crippen LogP) is 1.21. The molecular formula is C18H20ClN5O3. The van der Waals surface area contributed by atoms with Crippen LogP contribution in [0.3, 0.4) is 0 Å². The minimum Gasteiger partial charge on any atom is -0.387 e. The Morgan fingerprint density at radius 3 is 2.74 bits per heavy atom. The third-order valence-corrected chi connectivity index (χ3v) is 5.42. The largest absolute Gasteiger partial charge is 0.387 e. The summed E-state index contributed by atoms with van der Waals surface area (Å²) < 4.78 is 7.64. The first-order valence-electron chi connectivity index (χ1n) is 8.65. The molecule has 0 radical (unpaired) electrons. The second-order valence-electron chi connectivity index (χ2n) is 6.73. The lowest BCUT2D eigenvalue weighted by Crippen LogP contribution is -2.34. The molecule has 0 spiro atoms. The molecule has 1 fully saturated rings. The third-order valence-electron chi connectivity index (χ3n) is 5.16. The van der Waals surface area contributed by atoms with Crippen LogP contribution in [0.5, 0.6) is 0 Å². The van der Waals surface area contributed by atoms with Crippen molar-refractivity contribution in [2.75, 3.05) is 0 Å². The molecule has 5 atom stereocenters. The fourth-order valence-corrected chi connectivity index (χ4v) is 3.77. The van der Waals surface area contributed by atoms with Crippen molar-refractivity contribution in [3.05, 3.63) is 52.3 Å². The smallest absolute Gasteiger partial charge is 0.181 e. The van der Waals surface area contributed by atoms with Gasteiger partial charge in [0, 0.05) is 23.6 Å². The molecule has 2 aliphatic heterocycles. The number of ether oxygens (including phenoxy) is 1. The molecule has 1 aromatic heterocycles. The second-order valence-corrected chi connectivity index (χ2v) is 7.17. The van der Waals surface area contributed by atoms with Crippen LogP contribution >= 0.6 is 11.6 Å². The van der Waals surface area contributed by atoms with Gasteiger partial charge < -0.3 is 20.8 Å². The summed E-state index contributed by atoms with van der Waals surface area (Å²) in [6.45, 7) is 1.94. The van der Waals surface area contributed by atoms with Crippen molar-refractivity contribution in [1.29, 1.82) is 0 Å². The second kappa shape index (κ2) is 7.05. The predicted molar refractivity (Wildman–Crippen MR) is 101 cm³/mol. The highest BCUT2D eigenvalue weighted by atomic mass is 35.5. The van der Waals surface area contributed by atoms with Gasteiger partial charge in [-0.25, -0.2) is 9.67 Å². The first kappa shape index (κ1) is 18.1. The molecule has 2 aliphatic rings. The number of aromatic nitrogens is 2. The number of rotatable bonds is 3. The molecule has 0 unspecified atom stereocenters. The van der Waals surface area contributed by atoms with Gasteiger partial charge in [0.1, 0.15) is 12.2 Å². The molecular weight excluding hydrogens is 370 g/mol. The number of fused-ring (bicyclic) bond motifs is 1. The number of nitrogens with two attached hydrogens (primary N) is 1. The molecule has 0 bridgehead atoms. The topological polar surface area (TPSA) is 118 Å². The van der Waals surface area contributed by atoms with E-state index in [-0.39, 0.29) is 5.92 Å². The first-order valence-corrected chi connectivity index (χ1v) is 9.03. The molecule has 27 heavy (non-hydrogen) atoms. The van der Waals surface area contributed by atoms with E-state index in [0.717, 1.165) is 11.3 Å². The number of aliphatic imine (C=N–C) groups is 1. The van der Waals surface area contributed by atoms with E-state index in [9.17, 15) is 10.2 Å². The van der Waals surface area contributed by atoms with Crippen molar-refractivity contribution in [2.45, 2.75) is 43.8 Å². The van der Waals surface area contributed by atoms with E-state index in [2.05, 4.69) is 15.2 Å². The Kier molecular flexibility index (Phi) is 4.73. The Labute approximate surface area is 160 Å². The van der Waals surface area contributed by atoms with E-state index in [1.165, 1.54) is 0 Å². The zero-order valence-corrected chi connectivity index (χ0v) is 15.4. The monoisotopic (exact) mass is 389 g/mol. The van der Waals surface area contributed by atoms with Crippen LogP contribution in [-0.2, 0) is 11.2 Å². The highest BCUT2D eigenvalue weighted by Crippen LogP contribution is 2.38. The van der Waals surface area contributed by atoms with E-state index < -0.39 is 24.5 Å². The van der Waals surface area contributed by atoms with Gasteiger partial charge in [-0.3, -0.25) is 0 Å².